The molecule has 2 bridgehead atoms. The summed E-state index contributed by atoms with van der Waals surface area (Å²) in [7, 11) is 0. The van der Waals surface area contributed by atoms with Crippen LogP contribution in [0.3, 0.4) is 0 Å². The van der Waals surface area contributed by atoms with Crippen molar-refractivity contribution in [3.63, 3.8) is 0 Å². The molecule has 1 aliphatic heterocycles. The van der Waals surface area contributed by atoms with E-state index in [1.165, 1.54) is 45.2 Å². The van der Waals surface area contributed by atoms with Gasteiger partial charge in [-0.15, -0.1) is 0 Å². The van der Waals surface area contributed by atoms with E-state index in [2.05, 4.69) is 118 Å². The summed E-state index contributed by atoms with van der Waals surface area (Å²) < 4.78 is 2.43. The van der Waals surface area contributed by atoms with Gasteiger partial charge in [0.2, 0.25) is 0 Å². The Balaban J connectivity index is 1.62. The molecule has 1 saturated carbocycles. The average molecular weight is 423 g/mol. The predicted molar refractivity (Wildman–Crippen MR) is 137 cm³/mol. The fraction of sp³-hybridized carbons (Fsp3) is 0.400. The lowest BCUT2D eigenvalue weighted by molar-refractivity contribution is 0.148. The Morgan fingerprint density at radius 2 is 1.47 bits per heavy atom. The van der Waals surface area contributed by atoms with E-state index < -0.39 is 0 Å². The number of aryl methyl sites for hydroxylation is 1. The van der Waals surface area contributed by atoms with Gasteiger partial charge in [-0.25, -0.2) is 0 Å². The zero-order chi connectivity index (χ0) is 22.4. The SMILES string of the molecule is Cc1cc2c(cc1N1[C@@H](C)C3(C)CC1(C)C(C)C3C)c1ccccc1n2-c1ccccc1. The summed E-state index contributed by atoms with van der Waals surface area (Å²) in [6.45, 7) is 14.8. The molecule has 1 saturated heterocycles. The van der Waals surface area contributed by atoms with Crippen LogP contribution in [0.25, 0.3) is 27.5 Å². The van der Waals surface area contributed by atoms with Crippen LogP contribution < -0.4 is 4.90 Å². The molecule has 2 nitrogen and oxygen atoms in total. The van der Waals surface area contributed by atoms with Crippen LogP contribution >= 0.6 is 0 Å². The van der Waals surface area contributed by atoms with E-state index in [0.29, 0.717) is 17.4 Å². The molecule has 0 amide bonds. The first-order chi connectivity index (χ1) is 15.3. The highest BCUT2D eigenvalue weighted by molar-refractivity contribution is 6.10. The highest BCUT2D eigenvalue weighted by Gasteiger charge is 2.65. The van der Waals surface area contributed by atoms with Crippen LogP contribution in [0.15, 0.2) is 66.7 Å². The van der Waals surface area contributed by atoms with E-state index in [1.807, 2.05) is 0 Å². The molecule has 1 aliphatic carbocycles. The van der Waals surface area contributed by atoms with Crippen LogP contribution in [0, 0.1) is 24.2 Å². The third-order valence-electron chi connectivity index (χ3n) is 9.67. The van der Waals surface area contributed by atoms with Crippen molar-refractivity contribution in [3.8, 4) is 5.69 Å². The number of fused-ring (bicyclic) bond motifs is 5. The molecule has 5 atom stereocenters. The summed E-state index contributed by atoms with van der Waals surface area (Å²) in [6, 6.07) is 25.1. The largest absolute Gasteiger partial charge is 0.362 e. The number of aromatic nitrogens is 1. The lowest BCUT2D eigenvalue weighted by Crippen LogP contribution is -2.56. The molecule has 4 unspecified atom stereocenters. The lowest BCUT2D eigenvalue weighted by Gasteiger charge is -2.51. The lowest BCUT2D eigenvalue weighted by atomic mass is 9.71. The zero-order valence-corrected chi connectivity index (χ0v) is 20.2. The number of benzene rings is 3. The van der Waals surface area contributed by atoms with Gasteiger partial charge in [-0.05, 0) is 80.3 Å². The van der Waals surface area contributed by atoms with Crippen LogP contribution in [0.1, 0.15) is 46.6 Å². The monoisotopic (exact) mass is 422 g/mol. The Kier molecular flexibility index (Phi) is 3.98. The minimum atomic E-state index is 0.212. The molecular formula is C30H34N2. The smallest absolute Gasteiger partial charge is 0.0545 e. The minimum Gasteiger partial charge on any atom is -0.362 e. The van der Waals surface area contributed by atoms with Crippen molar-refractivity contribution in [2.75, 3.05) is 4.90 Å². The third-order valence-corrected chi connectivity index (χ3v) is 9.67. The van der Waals surface area contributed by atoms with Crippen molar-refractivity contribution in [3.05, 3.63) is 72.3 Å². The Morgan fingerprint density at radius 1 is 0.781 bits per heavy atom. The standard InChI is InChI=1S/C30H34N2/c1-19-16-28-25(24-14-10-11-15-26(24)31(28)23-12-8-7-9-13-23)17-27(19)32-22(4)29(5)18-30(32,6)21(3)20(29)2/h7-17,20-22H,18H2,1-6H3/t20?,21?,22-,29?,30?/m0/s1. The first-order valence-corrected chi connectivity index (χ1v) is 12.2. The summed E-state index contributed by atoms with van der Waals surface area (Å²) in [4.78, 5) is 2.79. The Labute approximate surface area is 191 Å². The van der Waals surface area contributed by atoms with Gasteiger partial charge < -0.3 is 9.47 Å². The molecule has 0 radical (unpaired) electrons. The first-order valence-electron chi connectivity index (χ1n) is 12.2. The van der Waals surface area contributed by atoms with Crippen molar-refractivity contribution in [2.24, 2.45) is 17.3 Å². The molecule has 3 aromatic carbocycles. The van der Waals surface area contributed by atoms with Crippen LogP contribution in [0.2, 0.25) is 0 Å². The van der Waals surface area contributed by atoms with Gasteiger partial charge >= 0.3 is 0 Å². The van der Waals surface area contributed by atoms with Crippen LogP contribution in [-0.4, -0.2) is 16.1 Å². The molecule has 4 aromatic rings. The molecule has 1 aromatic heterocycles. The Bertz CT molecular complexity index is 1350. The number of rotatable bonds is 2. The second-order valence-electron chi connectivity index (χ2n) is 11.0. The van der Waals surface area contributed by atoms with Crippen LogP contribution in [0.5, 0.6) is 0 Å². The maximum atomic E-state index is 2.79. The third kappa shape index (κ3) is 2.31. The van der Waals surface area contributed by atoms with Crippen LogP contribution in [-0.2, 0) is 0 Å². The molecular weight excluding hydrogens is 388 g/mol. The summed E-state index contributed by atoms with van der Waals surface area (Å²) in [5.74, 6) is 1.44. The molecule has 0 N–H and O–H groups in total. The van der Waals surface area contributed by atoms with Gasteiger partial charge in [-0.2, -0.15) is 0 Å². The van der Waals surface area contributed by atoms with E-state index in [-0.39, 0.29) is 5.54 Å². The van der Waals surface area contributed by atoms with Crippen LogP contribution in [0.4, 0.5) is 5.69 Å². The highest BCUT2D eigenvalue weighted by Crippen LogP contribution is 2.64. The molecule has 0 spiro atoms. The number of nitrogens with zero attached hydrogens (tertiary/aromatic N) is 2. The predicted octanol–water partition coefficient (Wildman–Crippen LogP) is 7.74. The van der Waals surface area contributed by atoms with Crippen molar-refractivity contribution in [1.29, 1.82) is 0 Å². The first kappa shape index (κ1) is 19.9. The summed E-state index contributed by atoms with van der Waals surface area (Å²) in [5, 5.41) is 2.69. The topological polar surface area (TPSA) is 8.17 Å². The van der Waals surface area contributed by atoms with Crippen molar-refractivity contribution < 1.29 is 0 Å². The molecule has 6 rings (SSSR count). The van der Waals surface area contributed by atoms with Gasteiger partial charge in [0.15, 0.2) is 0 Å². The number of piperidine rings is 1. The maximum absolute atomic E-state index is 2.79. The maximum Gasteiger partial charge on any atom is 0.0545 e. The Morgan fingerprint density at radius 3 is 2.19 bits per heavy atom. The van der Waals surface area contributed by atoms with Crippen molar-refractivity contribution in [1.82, 2.24) is 4.57 Å². The van der Waals surface area contributed by atoms with E-state index in [1.54, 1.807) is 0 Å². The van der Waals surface area contributed by atoms with E-state index >= 15 is 0 Å². The van der Waals surface area contributed by atoms with Gasteiger partial charge in [0.1, 0.15) is 0 Å². The normalized spacial score (nSPS) is 31.8. The minimum absolute atomic E-state index is 0.212. The number of hydrogen-bond acceptors (Lipinski definition) is 1. The molecule has 32 heavy (non-hydrogen) atoms. The van der Waals surface area contributed by atoms with Gasteiger partial charge in [0, 0.05) is 33.7 Å². The van der Waals surface area contributed by atoms with E-state index in [0.717, 1.165) is 5.92 Å². The fourth-order valence-electron chi connectivity index (χ4n) is 7.48. The van der Waals surface area contributed by atoms with Gasteiger partial charge in [0.05, 0.1) is 11.0 Å². The molecule has 164 valence electrons. The quantitative estimate of drug-likeness (QED) is 0.321. The number of anilines is 1. The molecule has 2 heteroatoms. The molecule has 2 heterocycles. The molecule has 2 aliphatic rings. The van der Waals surface area contributed by atoms with E-state index in [9.17, 15) is 0 Å². The summed E-state index contributed by atoms with van der Waals surface area (Å²) >= 11 is 0. The van der Waals surface area contributed by atoms with E-state index in [4.69, 9.17) is 0 Å². The second kappa shape index (κ2) is 6.41. The summed E-state index contributed by atoms with van der Waals surface area (Å²) in [5.41, 5.74) is 7.18. The number of hydrogen-bond donors (Lipinski definition) is 0. The van der Waals surface area contributed by atoms with Gasteiger partial charge in [-0.3, -0.25) is 0 Å². The second-order valence-corrected chi connectivity index (χ2v) is 11.0. The molecule has 2 fully saturated rings. The van der Waals surface area contributed by atoms with Crippen molar-refractivity contribution in [2.45, 2.75) is 59.5 Å². The van der Waals surface area contributed by atoms with Gasteiger partial charge in [0.25, 0.3) is 0 Å². The Hall–Kier alpha value is -2.74. The highest BCUT2D eigenvalue weighted by atomic mass is 15.3. The average Bonchev–Trinajstić information content (AvgIpc) is 3.28. The van der Waals surface area contributed by atoms with Gasteiger partial charge in [-0.1, -0.05) is 57.2 Å². The summed E-state index contributed by atoms with van der Waals surface area (Å²) in [6.07, 6.45) is 1.28. The zero-order valence-electron chi connectivity index (χ0n) is 20.2. The number of para-hydroxylation sites is 2. The fourth-order valence-corrected chi connectivity index (χ4v) is 7.48. The van der Waals surface area contributed by atoms with Crippen molar-refractivity contribution >= 4 is 27.5 Å².